The standard InChI is InChI=1S/C20H17N3O4S/c1-12-9-19(24)27-17-8-7-15(10-16(12)17)26-11-18-21-22-20(28)23(18)13-3-5-14(25-2)6-4-13/h3-10H,11H2,1-2H3,(H,22,28). The van der Waals surface area contributed by atoms with Crippen LogP contribution in [0.5, 0.6) is 11.5 Å². The summed E-state index contributed by atoms with van der Waals surface area (Å²) in [6, 6.07) is 14.3. The summed E-state index contributed by atoms with van der Waals surface area (Å²) in [6.07, 6.45) is 0. The van der Waals surface area contributed by atoms with Crippen LogP contribution in [0.15, 0.2) is 57.7 Å². The van der Waals surface area contributed by atoms with Crippen LogP contribution in [0.2, 0.25) is 0 Å². The highest BCUT2D eigenvalue weighted by atomic mass is 32.1. The van der Waals surface area contributed by atoms with Crippen molar-refractivity contribution < 1.29 is 13.9 Å². The Morgan fingerprint density at radius 3 is 2.64 bits per heavy atom. The molecule has 4 aromatic rings. The third kappa shape index (κ3) is 3.41. The molecule has 0 aliphatic rings. The molecule has 142 valence electrons. The number of nitrogens with one attached hydrogen (secondary N) is 1. The lowest BCUT2D eigenvalue weighted by atomic mass is 10.1. The Hall–Kier alpha value is -3.39. The Balaban J connectivity index is 1.61. The molecule has 0 saturated carbocycles. The molecule has 0 unspecified atom stereocenters. The molecule has 7 nitrogen and oxygen atoms in total. The first-order valence-electron chi connectivity index (χ1n) is 8.53. The van der Waals surface area contributed by atoms with Crippen LogP contribution in [0, 0.1) is 11.7 Å². The van der Waals surface area contributed by atoms with Crippen LogP contribution < -0.4 is 15.1 Å². The number of aromatic amines is 1. The van der Waals surface area contributed by atoms with Gasteiger partial charge in [-0.15, -0.1) is 0 Å². The molecule has 0 aliphatic carbocycles. The number of hydrogen-bond acceptors (Lipinski definition) is 6. The zero-order valence-corrected chi connectivity index (χ0v) is 16.1. The molecule has 8 heteroatoms. The monoisotopic (exact) mass is 395 g/mol. The topological polar surface area (TPSA) is 82.3 Å². The van der Waals surface area contributed by atoms with Crippen LogP contribution in [0.3, 0.4) is 0 Å². The van der Waals surface area contributed by atoms with E-state index in [4.69, 9.17) is 26.1 Å². The molecule has 0 spiro atoms. The summed E-state index contributed by atoms with van der Waals surface area (Å²) in [6.45, 7) is 2.07. The highest BCUT2D eigenvalue weighted by Gasteiger charge is 2.10. The van der Waals surface area contributed by atoms with E-state index in [0.29, 0.717) is 21.9 Å². The maximum atomic E-state index is 11.5. The summed E-state index contributed by atoms with van der Waals surface area (Å²) in [4.78, 5) is 11.5. The number of benzene rings is 2. The van der Waals surface area contributed by atoms with Gasteiger partial charge in [-0.3, -0.25) is 9.67 Å². The third-order valence-electron chi connectivity index (χ3n) is 4.36. The van der Waals surface area contributed by atoms with Crippen LogP contribution in [-0.4, -0.2) is 21.9 Å². The predicted molar refractivity (Wildman–Crippen MR) is 107 cm³/mol. The lowest BCUT2D eigenvalue weighted by molar-refractivity contribution is 0.293. The van der Waals surface area contributed by atoms with Crippen LogP contribution in [-0.2, 0) is 6.61 Å². The van der Waals surface area contributed by atoms with E-state index in [1.807, 2.05) is 37.3 Å². The van der Waals surface area contributed by atoms with Gasteiger partial charge in [-0.2, -0.15) is 5.10 Å². The lowest BCUT2D eigenvalue weighted by Gasteiger charge is -2.10. The van der Waals surface area contributed by atoms with E-state index in [1.54, 1.807) is 23.8 Å². The quantitative estimate of drug-likeness (QED) is 0.407. The summed E-state index contributed by atoms with van der Waals surface area (Å²) < 4.78 is 18.6. The number of H-pyrrole nitrogens is 1. The molecule has 0 fully saturated rings. The molecule has 0 bridgehead atoms. The molecule has 28 heavy (non-hydrogen) atoms. The van der Waals surface area contributed by atoms with Gasteiger partial charge in [0.15, 0.2) is 10.6 Å². The molecule has 0 amide bonds. The van der Waals surface area contributed by atoms with Crippen LogP contribution in [0.1, 0.15) is 11.4 Å². The van der Waals surface area contributed by atoms with E-state index in [1.165, 1.54) is 6.07 Å². The smallest absolute Gasteiger partial charge is 0.336 e. The second-order valence-corrected chi connectivity index (χ2v) is 6.56. The lowest BCUT2D eigenvalue weighted by Crippen LogP contribution is -2.06. The Labute approximate surface area is 165 Å². The van der Waals surface area contributed by atoms with Crippen molar-refractivity contribution in [2.24, 2.45) is 0 Å². The van der Waals surface area contributed by atoms with Crippen molar-refractivity contribution in [2.45, 2.75) is 13.5 Å². The molecule has 2 aromatic heterocycles. The van der Waals surface area contributed by atoms with Crippen molar-refractivity contribution in [3.8, 4) is 17.2 Å². The maximum Gasteiger partial charge on any atom is 0.336 e. The first kappa shape index (κ1) is 18.0. The van der Waals surface area contributed by atoms with Gasteiger partial charge in [-0.1, -0.05) is 0 Å². The Kier molecular flexibility index (Phi) is 4.70. The summed E-state index contributed by atoms with van der Waals surface area (Å²) in [5, 5.41) is 7.90. The maximum absolute atomic E-state index is 11.5. The largest absolute Gasteiger partial charge is 0.497 e. The average molecular weight is 395 g/mol. The number of rotatable bonds is 5. The van der Waals surface area contributed by atoms with Gasteiger partial charge in [0.1, 0.15) is 23.7 Å². The van der Waals surface area contributed by atoms with Gasteiger partial charge in [0.05, 0.1) is 12.8 Å². The van der Waals surface area contributed by atoms with Crippen LogP contribution >= 0.6 is 12.2 Å². The highest BCUT2D eigenvalue weighted by Crippen LogP contribution is 2.23. The molecule has 1 N–H and O–H groups in total. The van der Waals surface area contributed by atoms with E-state index in [-0.39, 0.29) is 12.2 Å². The fraction of sp³-hybridized carbons (Fsp3) is 0.150. The number of aromatic nitrogens is 3. The fourth-order valence-corrected chi connectivity index (χ4v) is 3.22. The van der Waals surface area contributed by atoms with Crippen LogP contribution in [0.25, 0.3) is 16.7 Å². The highest BCUT2D eigenvalue weighted by molar-refractivity contribution is 7.71. The first-order valence-corrected chi connectivity index (χ1v) is 8.94. The SMILES string of the molecule is COc1ccc(-n2c(COc3ccc4oc(=O)cc(C)c4c3)n[nH]c2=S)cc1. The molecular formula is C20H17N3O4S. The minimum absolute atomic E-state index is 0.209. The van der Waals surface area contributed by atoms with Gasteiger partial charge >= 0.3 is 5.63 Å². The molecular weight excluding hydrogens is 378 g/mol. The van der Waals surface area contributed by atoms with Gasteiger partial charge in [0, 0.05) is 11.5 Å². The van der Waals surface area contributed by atoms with Gasteiger partial charge in [0.25, 0.3) is 0 Å². The van der Waals surface area contributed by atoms with Gasteiger partial charge in [-0.25, -0.2) is 4.79 Å². The van der Waals surface area contributed by atoms with Crippen molar-refractivity contribution in [3.63, 3.8) is 0 Å². The number of fused-ring (bicyclic) bond motifs is 1. The minimum Gasteiger partial charge on any atom is -0.497 e. The first-order chi connectivity index (χ1) is 13.5. The Morgan fingerprint density at radius 1 is 1.14 bits per heavy atom. The molecule has 0 atom stereocenters. The Bertz CT molecular complexity index is 1260. The Morgan fingerprint density at radius 2 is 1.89 bits per heavy atom. The van der Waals surface area contributed by atoms with Crippen LogP contribution in [0.4, 0.5) is 0 Å². The fourth-order valence-electron chi connectivity index (χ4n) is 2.96. The van der Waals surface area contributed by atoms with E-state index in [0.717, 1.165) is 22.4 Å². The van der Waals surface area contributed by atoms with Gasteiger partial charge in [-0.05, 0) is 67.2 Å². The number of methoxy groups -OCH3 is 1. The normalized spacial score (nSPS) is 10.9. The minimum atomic E-state index is -0.367. The molecule has 2 aromatic carbocycles. The van der Waals surface area contributed by atoms with Gasteiger partial charge in [0.2, 0.25) is 0 Å². The zero-order valence-electron chi connectivity index (χ0n) is 15.3. The number of hydrogen-bond donors (Lipinski definition) is 1. The second kappa shape index (κ2) is 7.32. The predicted octanol–water partition coefficient (Wildman–Crippen LogP) is 3.93. The summed E-state index contributed by atoms with van der Waals surface area (Å²) in [5.74, 6) is 2.03. The van der Waals surface area contributed by atoms with E-state index >= 15 is 0 Å². The summed E-state index contributed by atoms with van der Waals surface area (Å²) in [7, 11) is 1.62. The molecule has 4 rings (SSSR count). The van der Waals surface area contributed by atoms with Crippen molar-refractivity contribution in [2.75, 3.05) is 7.11 Å². The molecule has 0 aliphatic heterocycles. The van der Waals surface area contributed by atoms with Gasteiger partial charge < -0.3 is 13.9 Å². The van der Waals surface area contributed by atoms with Crippen molar-refractivity contribution in [1.82, 2.24) is 14.8 Å². The summed E-state index contributed by atoms with van der Waals surface area (Å²) in [5.41, 5.74) is 1.85. The number of nitrogens with zero attached hydrogens (tertiary/aromatic N) is 2. The third-order valence-corrected chi connectivity index (χ3v) is 4.64. The van der Waals surface area contributed by atoms with E-state index < -0.39 is 0 Å². The number of ether oxygens (including phenoxy) is 2. The van der Waals surface area contributed by atoms with E-state index in [2.05, 4.69) is 10.2 Å². The van der Waals surface area contributed by atoms with Crippen molar-refractivity contribution in [1.29, 1.82) is 0 Å². The molecule has 0 saturated heterocycles. The summed E-state index contributed by atoms with van der Waals surface area (Å²) >= 11 is 5.36. The molecule has 2 heterocycles. The van der Waals surface area contributed by atoms with Crippen molar-refractivity contribution >= 4 is 23.2 Å². The number of aryl methyl sites for hydroxylation is 1. The second-order valence-electron chi connectivity index (χ2n) is 6.17. The average Bonchev–Trinajstić information content (AvgIpc) is 3.07. The van der Waals surface area contributed by atoms with E-state index in [9.17, 15) is 4.79 Å². The van der Waals surface area contributed by atoms with Crippen molar-refractivity contribution in [3.05, 3.63) is 75.1 Å². The molecule has 0 radical (unpaired) electrons. The zero-order chi connectivity index (χ0) is 19.7.